The third-order valence-electron chi connectivity index (χ3n) is 5.07. The minimum atomic E-state index is -0.109. The van der Waals surface area contributed by atoms with Crippen LogP contribution in [0, 0.1) is 0 Å². The summed E-state index contributed by atoms with van der Waals surface area (Å²) in [5, 5.41) is 14.0. The standard InChI is InChI=1S/C18H26N6OS.ClH/c25-17(16-6-11-24(22-16)15-4-3-7-19-12-15)20-8-5-14-13-26-18(21-14)23-9-1-2-10-23;/h6,11,13,15,19H,1-5,7-10,12H2,(H,20,25);1H. The van der Waals surface area contributed by atoms with E-state index in [0.29, 0.717) is 18.3 Å². The molecule has 2 fully saturated rings. The maximum Gasteiger partial charge on any atom is 0.271 e. The lowest BCUT2D eigenvalue weighted by molar-refractivity contribution is 0.0947. The van der Waals surface area contributed by atoms with Gasteiger partial charge in [0.15, 0.2) is 5.13 Å². The lowest BCUT2D eigenvalue weighted by atomic mass is 10.1. The Hall–Kier alpha value is -1.64. The third-order valence-corrected chi connectivity index (χ3v) is 6.02. The fourth-order valence-electron chi connectivity index (χ4n) is 3.58. The molecule has 2 aliphatic heterocycles. The zero-order valence-corrected chi connectivity index (χ0v) is 17.0. The molecule has 0 spiro atoms. The number of piperidine rings is 1. The predicted molar refractivity (Wildman–Crippen MR) is 110 cm³/mol. The zero-order valence-electron chi connectivity index (χ0n) is 15.4. The lowest BCUT2D eigenvalue weighted by Crippen LogP contribution is -2.32. The Morgan fingerprint density at radius 3 is 2.96 bits per heavy atom. The van der Waals surface area contributed by atoms with Crippen molar-refractivity contribution < 1.29 is 4.79 Å². The van der Waals surface area contributed by atoms with Gasteiger partial charge in [0.1, 0.15) is 5.69 Å². The quantitative estimate of drug-likeness (QED) is 0.764. The number of thiazole rings is 1. The van der Waals surface area contributed by atoms with Gasteiger partial charge < -0.3 is 15.5 Å². The summed E-state index contributed by atoms with van der Waals surface area (Å²) in [4.78, 5) is 19.4. The van der Waals surface area contributed by atoms with Crippen molar-refractivity contribution in [3.05, 3.63) is 29.0 Å². The largest absolute Gasteiger partial charge is 0.350 e. The third kappa shape index (κ3) is 5.00. The van der Waals surface area contributed by atoms with Crippen molar-refractivity contribution in [3.8, 4) is 0 Å². The van der Waals surface area contributed by atoms with E-state index in [2.05, 4.69) is 26.0 Å². The number of nitrogens with zero attached hydrogens (tertiary/aromatic N) is 4. The molecule has 1 atom stereocenters. The molecule has 0 bridgehead atoms. The molecule has 2 aromatic heterocycles. The van der Waals surface area contributed by atoms with Crippen molar-refractivity contribution in [2.45, 2.75) is 38.1 Å². The van der Waals surface area contributed by atoms with Crippen LogP contribution in [0.5, 0.6) is 0 Å². The highest BCUT2D eigenvalue weighted by Gasteiger charge is 2.18. The van der Waals surface area contributed by atoms with Gasteiger partial charge >= 0.3 is 0 Å². The molecule has 4 heterocycles. The first-order valence-corrected chi connectivity index (χ1v) is 10.4. The molecule has 2 aromatic rings. The monoisotopic (exact) mass is 410 g/mol. The fraction of sp³-hybridized carbons (Fsp3) is 0.611. The summed E-state index contributed by atoms with van der Waals surface area (Å²) >= 11 is 1.70. The Kier molecular flexibility index (Phi) is 7.09. The van der Waals surface area contributed by atoms with Crippen LogP contribution in [0.25, 0.3) is 0 Å². The Balaban J connectivity index is 0.00000210. The Morgan fingerprint density at radius 2 is 2.19 bits per heavy atom. The molecule has 0 saturated carbocycles. The van der Waals surface area contributed by atoms with Crippen LogP contribution in [-0.2, 0) is 6.42 Å². The molecular formula is C18H27ClN6OS. The highest BCUT2D eigenvalue weighted by molar-refractivity contribution is 7.13. The Labute approximate surface area is 169 Å². The first-order valence-electron chi connectivity index (χ1n) is 9.53. The van der Waals surface area contributed by atoms with Gasteiger partial charge in [0.25, 0.3) is 5.91 Å². The molecule has 148 valence electrons. The summed E-state index contributed by atoms with van der Waals surface area (Å²) in [6.45, 7) is 4.80. The summed E-state index contributed by atoms with van der Waals surface area (Å²) in [7, 11) is 0. The van der Waals surface area contributed by atoms with Crippen LogP contribution in [0.2, 0.25) is 0 Å². The molecule has 0 radical (unpaired) electrons. The average molecular weight is 411 g/mol. The molecule has 7 nitrogen and oxygen atoms in total. The van der Waals surface area contributed by atoms with Gasteiger partial charge in [-0.15, -0.1) is 23.7 Å². The van der Waals surface area contributed by atoms with Crippen molar-refractivity contribution in [1.29, 1.82) is 0 Å². The highest BCUT2D eigenvalue weighted by atomic mass is 35.5. The molecule has 1 amide bonds. The van der Waals surface area contributed by atoms with Crippen LogP contribution >= 0.6 is 23.7 Å². The second-order valence-electron chi connectivity index (χ2n) is 7.00. The number of hydrogen-bond acceptors (Lipinski definition) is 6. The van der Waals surface area contributed by atoms with Crippen LogP contribution in [-0.4, -0.2) is 53.4 Å². The summed E-state index contributed by atoms with van der Waals surface area (Å²) in [5.74, 6) is -0.109. The van der Waals surface area contributed by atoms with E-state index in [4.69, 9.17) is 4.98 Å². The fourth-order valence-corrected chi connectivity index (χ4v) is 4.49. The van der Waals surface area contributed by atoms with Crippen molar-refractivity contribution in [2.24, 2.45) is 0 Å². The van der Waals surface area contributed by atoms with Gasteiger partial charge in [0, 0.05) is 44.2 Å². The van der Waals surface area contributed by atoms with E-state index in [-0.39, 0.29) is 18.3 Å². The maximum atomic E-state index is 12.3. The SMILES string of the molecule is Cl.O=C(NCCc1csc(N2CCCC2)n1)c1ccn(C2CCCNC2)n1. The van der Waals surface area contributed by atoms with Crippen molar-refractivity contribution in [2.75, 3.05) is 37.6 Å². The minimum absolute atomic E-state index is 0. The Bertz CT molecular complexity index is 736. The highest BCUT2D eigenvalue weighted by Crippen LogP contribution is 2.24. The number of carbonyl (C=O) groups is 1. The van der Waals surface area contributed by atoms with Gasteiger partial charge in [-0.1, -0.05) is 0 Å². The number of nitrogens with one attached hydrogen (secondary N) is 2. The summed E-state index contributed by atoms with van der Waals surface area (Å²) in [6.07, 6.45) is 7.44. The second-order valence-corrected chi connectivity index (χ2v) is 7.84. The predicted octanol–water partition coefficient (Wildman–Crippen LogP) is 2.26. The van der Waals surface area contributed by atoms with Crippen molar-refractivity contribution >= 4 is 34.8 Å². The molecule has 2 saturated heterocycles. The van der Waals surface area contributed by atoms with E-state index >= 15 is 0 Å². The van der Waals surface area contributed by atoms with Crippen LogP contribution in [0.4, 0.5) is 5.13 Å². The number of hydrogen-bond donors (Lipinski definition) is 2. The van der Waals surface area contributed by atoms with Gasteiger partial charge in [0.05, 0.1) is 11.7 Å². The zero-order chi connectivity index (χ0) is 17.8. The maximum absolute atomic E-state index is 12.3. The van der Waals surface area contributed by atoms with E-state index in [9.17, 15) is 4.79 Å². The minimum Gasteiger partial charge on any atom is -0.350 e. The smallest absolute Gasteiger partial charge is 0.271 e. The molecule has 2 aliphatic rings. The first-order chi connectivity index (χ1) is 12.8. The number of rotatable bonds is 6. The van der Waals surface area contributed by atoms with E-state index in [1.807, 2.05) is 10.9 Å². The molecule has 4 rings (SSSR count). The van der Waals surface area contributed by atoms with Crippen LogP contribution in [0.3, 0.4) is 0 Å². The topological polar surface area (TPSA) is 75.1 Å². The van der Waals surface area contributed by atoms with Gasteiger partial charge in [0.2, 0.25) is 0 Å². The van der Waals surface area contributed by atoms with Crippen LogP contribution in [0.1, 0.15) is 47.9 Å². The number of anilines is 1. The lowest BCUT2D eigenvalue weighted by Gasteiger charge is -2.22. The van der Waals surface area contributed by atoms with E-state index in [1.54, 1.807) is 17.4 Å². The molecule has 0 aromatic carbocycles. The summed E-state index contributed by atoms with van der Waals surface area (Å²) in [5.41, 5.74) is 1.54. The second kappa shape index (κ2) is 9.52. The Morgan fingerprint density at radius 1 is 1.33 bits per heavy atom. The average Bonchev–Trinajstić information content (AvgIpc) is 3.42. The summed E-state index contributed by atoms with van der Waals surface area (Å²) in [6, 6.07) is 2.16. The molecular weight excluding hydrogens is 384 g/mol. The van der Waals surface area contributed by atoms with Crippen molar-refractivity contribution in [1.82, 2.24) is 25.4 Å². The van der Waals surface area contributed by atoms with Gasteiger partial charge in [-0.25, -0.2) is 4.98 Å². The normalized spacial score (nSPS) is 19.7. The number of halogens is 1. The first kappa shape index (κ1) is 20.1. The summed E-state index contributed by atoms with van der Waals surface area (Å²) < 4.78 is 1.92. The molecule has 1 unspecified atom stereocenters. The number of aromatic nitrogens is 3. The number of carbonyl (C=O) groups excluding carboxylic acids is 1. The molecule has 0 aliphatic carbocycles. The van der Waals surface area contributed by atoms with E-state index < -0.39 is 0 Å². The van der Waals surface area contributed by atoms with Gasteiger partial charge in [-0.05, 0) is 38.3 Å². The van der Waals surface area contributed by atoms with Crippen LogP contribution < -0.4 is 15.5 Å². The van der Waals surface area contributed by atoms with E-state index in [1.165, 1.54) is 12.8 Å². The molecule has 2 N–H and O–H groups in total. The van der Waals surface area contributed by atoms with Gasteiger partial charge in [-0.3, -0.25) is 9.48 Å². The number of amides is 1. The van der Waals surface area contributed by atoms with Gasteiger partial charge in [-0.2, -0.15) is 5.10 Å². The van der Waals surface area contributed by atoms with E-state index in [0.717, 1.165) is 56.3 Å². The van der Waals surface area contributed by atoms with Crippen LogP contribution in [0.15, 0.2) is 17.6 Å². The van der Waals surface area contributed by atoms with Crippen molar-refractivity contribution in [3.63, 3.8) is 0 Å². The molecule has 9 heteroatoms. The molecule has 27 heavy (non-hydrogen) atoms.